The SMILES string of the molecule is CCOCCC(=O)N1CC[C@H](Cc2cccc(CO)c2)C1. The Labute approximate surface area is 126 Å². The highest BCUT2D eigenvalue weighted by Gasteiger charge is 2.25. The molecular formula is C17H25NO3. The Balaban J connectivity index is 1.80. The number of nitrogens with zero attached hydrogens (tertiary/aromatic N) is 1. The highest BCUT2D eigenvalue weighted by molar-refractivity contribution is 5.76. The van der Waals surface area contributed by atoms with Crippen LogP contribution in [0.5, 0.6) is 0 Å². The Morgan fingerprint density at radius 2 is 2.24 bits per heavy atom. The lowest BCUT2D eigenvalue weighted by Gasteiger charge is -2.16. The van der Waals surface area contributed by atoms with Crippen LogP contribution in [0.15, 0.2) is 24.3 Å². The molecule has 4 nitrogen and oxygen atoms in total. The average Bonchev–Trinajstić information content (AvgIpc) is 2.96. The third-order valence-electron chi connectivity index (χ3n) is 4.00. The molecule has 0 unspecified atom stereocenters. The molecule has 116 valence electrons. The Morgan fingerprint density at radius 1 is 1.43 bits per heavy atom. The van der Waals surface area contributed by atoms with E-state index in [2.05, 4.69) is 12.1 Å². The molecule has 1 atom stereocenters. The van der Waals surface area contributed by atoms with E-state index in [4.69, 9.17) is 4.74 Å². The Hall–Kier alpha value is -1.39. The van der Waals surface area contributed by atoms with E-state index >= 15 is 0 Å². The minimum atomic E-state index is 0.0839. The molecule has 1 amide bonds. The maximum atomic E-state index is 12.0. The second-order valence-corrected chi connectivity index (χ2v) is 5.62. The molecule has 4 heteroatoms. The van der Waals surface area contributed by atoms with Crippen LogP contribution in [0, 0.1) is 5.92 Å². The third-order valence-corrected chi connectivity index (χ3v) is 4.00. The molecule has 0 radical (unpaired) electrons. The van der Waals surface area contributed by atoms with Gasteiger partial charge in [0.2, 0.25) is 5.91 Å². The van der Waals surface area contributed by atoms with Crippen LogP contribution in [0.25, 0.3) is 0 Å². The largest absolute Gasteiger partial charge is 0.392 e. The van der Waals surface area contributed by atoms with Crippen molar-refractivity contribution in [2.24, 2.45) is 5.92 Å². The molecule has 0 aromatic heterocycles. The Bertz CT molecular complexity index is 461. The average molecular weight is 291 g/mol. The van der Waals surface area contributed by atoms with E-state index in [1.54, 1.807) is 0 Å². The molecule has 1 aromatic rings. The van der Waals surface area contributed by atoms with E-state index in [1.165, 1.54) is 5.56 Å². The van der Waals surface area contributed by atoms with Crippen molar-refractivity contribution in [3.05, 3.63) is 35.4 Å². The van der Waals surface area contributed by atoms with E-state index in [-0.39, 0.29) is 12.5 Å². The minimum absolute atomic E-state index is 0.0839. The van der Waals surface area contributed by atoms with Gasteiger partial charge in [0.25, 0.3) is 0 Å². The van der Waals surface area contributed by atoms with Crippen LogP contribution in [0.1, 0.15) is 30.9 Å². The molecule has 1 aliphatic rings. The number of aliphatic hydroxyl groups excluding tert-OH is 1. The van der Waals surface area contributed by atoms with Gasteiger partial charge in [-0.2, -0.15) is 0 Å². The standard InChI is InChI=1S/C17H25NO3/c1-2-21-9-7-17(20)18-8-6-15(12-18)10-14-4-3-5-16(11-14)13-19/h3-5,11,15,19H,2,6-10,12-13H2,1H3/t15-/m1/s1. The van der Waals surface area contributed by atoms with Crippen molar-refractivity contribution in [1.82, 2.24) is 4.90 Å². The number of carbonyl (C=O) groups excluding carboxylic acids is 1. The molecule has 0 bridgehead atoms. The zero-order chi connectivity index (χ0) is 15.1. The van der Waals surface area contributed by atoms with Gasteiger partial charge >= 0.3 is 0 Å². The third kappa shape index (κ3) is 4.83. The van der Waals surface area contributed by atoms with E-state index in [1.807, 2.05) is 24.0 Å². The van der Waals surface area contributed by atoms with Gasteiger partial charge in [-0.25, -0.2) is 0 Å². The summed E-state index contributed by atoms with van der Waals surface area (Å²) in [5, 5.41) is 9.18. The van der Waals surface area contributed by atoms with Crippen LogP contribution >= 0.6 is 0 Å². The summed E-state index contributed by atoms with van der Waals surface area (Å²) in [4.78, 5) is 14.0. The molecular weight excluding hydrogens is 266 g/mol. The van der Waals surface area contributed by atoms with Crippen LogP contribution in [-0.2, 0) is 22.6 Å². The minimum Gasteiger partial charge on any atom is -0.392 e. The number of amides is 1. The molecule has 1 heterocycles. The summed E-state index contributed by atoms with van der Waals surface area (Å²) >= 11 is 0. The zero-order valence-electron chi connectivity index (χ0n) is 12.8. The molecule has 0 spiro atoms. The Morgan fingerprint density at radius 3 is 3.00 bits per heavy atom. The maximum absolute atomic E-state index is 12.0. The van der Waals surface area contributed by atoms with Gasteiger partial charge in [0.05, 0.1) is 19.6 Å². The number of hydrogen-bond acceptors (Lipinski definition) is 3. The number of carbonyl (C=O) groups is 1. The molecule has 1 saturated heterocycles. The number of rotatable bonds is 7. The van der Waals surface area contributed by atoms with E-state index < -0.39 is 0 Å². The summed E-state index contributed by atoms with van der Waals surface area (Å²) in [7, 11) is 0. The molecule has 1 aromatic carbocycles. The van der Waals surface area contributed by atoms with Crippen molar-refractivity contribution in [2.75, 3.05) is 26.3 Å². The highest BCUT2D eigenvalue weighted by Crippen LogP contribution is 2.22. The van der Waals surface area contributed by atoms with Crippen LogP contribution < -0.4 is 0 Å². The molecule has 0 saturated carbocycles. The van der Waals surface area contributed by atoms with Crippen molar-refractivity contribution in [2.45, 2.75) is 32.8 Å². The lowest BCUT2D eigenvalue weighted by molar-refractivity contribution is -0.131. The number of benzene rings is 1. The predicted octanol–water partition coefficient (Wildman–Crippen LogP) is 2.00. The smallest absolute Gasteiger partial charge is 0.224 e. The van der Waals surface area contributed by atoms with Crippen molar-refractivity contribution in [3.8, 4) is 0 Å². The van der Waals surface area contributed by atoms with Crippen LogP contribution in [0.2, 0.25) is 0 Å². The van der Waals surface area contributed by atoms with Gasteiger partial charge in [0.1, 0.15) is 0 Å². The molecule has 1 aliphatic heterocycles. The van der Waals surface area contributed by atoms with Gasteiger partial charge in [0.15, 0.2) is 0 Å². The number of hydrogen-bond donors (Lipinski definition) is 1. The quantitative estimate of drug-likeness (QED) is 0.782. The van der Waals surface area contributed by atoms with Crippen molar-refractivity contribution in [1.29, 1.82) is 0 Å². The monoisotopic (exact) mass is 291 g/mol. The van der Waals surface area contributed by atoms with E-state index in [0.29, 0.717) is 25.6 Å². The first kappa shape index (κ1) is 16.0. The molecule has 21 heavy (non-hydrogen) atoms. The van der Waals surface area contributed by atoms with Crippen molar-refractivity contribution >= 4 is 5.91 Å². The fourth-order valence-corrected chi connectivity index (χ4v) is 2.88. The molecule has 1 fully saturated rings. The Kier molecular flexibility index (Phi) is 6.21. The second kappa shape index (κ2) is 8.15. The number of aliphatic hydroxyl groups is 1. The first-order valence-corrected chi connectivity index (χ1v) is 7.77. The molecule has 1 N–H and O–H groups in total. The van der Waals surface area contributed by atoms with Crippen LogP contribution in [-0.4, -0.2) is 42.2 Å². The predicted molar refractivity (Wildman–Crippen MR) is 81.9 cm³/mol. The summed E-state index contributed by atoms with van der Waals surface area (Å²) in [6, 6.07) is 8.07. The topological polar surface area (TPSA) is 49.8 Å². The van der Waals surface area contributed by atoms with Crippen molar-refractivity contribution in [3.63, 3.8) is 0 Å². The first-order valence-electron chi connectivity index (χ1n) is 7.77. The van der Waals surface area contributed by atoms with Gasteiger partial charge in [0, 0.05) is 19.7 Å². The van der Waals surface area contributed by atoms with Gasteiger partial charge < -0.3 is 14.7 Å². The van der Waals surface area contributed by atoms with E-state index in [9.17, 15) is 9.90 Å². The summed E-state index contributed by atoms with van der Waals surface area (Å²) in [6.45, 7) is 4.91. The number of likely N-dealkylation sites (tertiary alicyclic amines) is 1. The number of ether oxygens (including phenoxy) is 1. The summed E-state index contributed by atoms with van der Waals surface area (Å²) in [5.74, 6) is 0.727. The second-order valence-electron chi connectivity index (χ2n) is 5.62. The van der Waals surface area contributed by atoms with Gasteiger partial charge in [-0.15, -0.1) is 0 Å². The lowest BCUT2D eigenvalue weighted by Crippen LogP contribution is -2.29. The lowest BCUT2D eigenvalue weighted by atomic mass is 9.97. The molecule has 0 aliphatic carbocycles. The van der Waals surface area contributed by atoms with Gasteiger partial charge in [-0.1, -0.05) is 24.3 Å². The first-order chi connectivity index (χ1) is 10.2. The zero-order valence-corrected chi connectivity index (χ0v) is 12.8. The summed E-state index contributed by atoms with van der Waals surface area (Å²) in [5.41, 5.74) is 2.20. The van der Waals surface area contributed by atoms with Crippen LogP contribution in [0.4, 0.5) is 0 Å². The highest BCUT2D eigenvalue weighted by atomic mass is 16.5. The normalized spacial score (nSPS) is 18.2. The van der Waals surface area contributed by atoms with E-state index in [0.717, 1.165) is 31.5 Å². The summed E-state index contributed by atoms with van der Waals surface area (Å²) in [6.07, 6.45) is 2.52. The fraction of sp³-hybridized carbons (Fsp3) is 0.588. The molecule has 2 rings (SSSR count). The van der Waals surface area contributed by atoms with Crippen molar-refractivity contribution < 1.29 is 14.6 Å². The summed E-state index contributed by atoms with van der Waals surface area (Å²) < 4.78 is 5.24. The fourth-order valence-electron chi connectivity index (χ4n) is 2.88. The van der Waals surface area contributed by atoms with Gasteiger partial charge in [-0.05, 0) is 36.8 Å². The maximum Gasteiger partial charge on any atom is 0.224 e. The van der Waals surface area contributed by atoms with Crippen LogP contribution in [0.3, 0.4) is 0 Å². The van der Waals surface area contributed by atoms with Gasteiger partial charge in [-0.3, -0.25) is 4.79 Å².